The summed E-state index contributed by atoms with van der Waals surface area (Å²) in [7, 11) is 0. The largest absolute Gasteiger partial charge is 0.351 e. The van der Waals surface area contributed by atoms with Gasteiger partial charge in [0.1, 0.15) is 0 Å². The van der Waals surface area contributed by atoms with Crippen LogP contribution in [0.2, 0.25) is 0 Å². The molecule has 0 aromatic rings. The van der Waals surface area contributed by atoms with Crippen molar-refractivity contribution in [2.24, 2.45) is 17.6 Å². The summed E-state index contributed by atoms with van der Waals surface area (Å²) < 4.78 is 0. The van der Waals surface area contributed by atoms with Crippen molar-refractivity contribution >= 4 is 5.91 Å². The van der Waals surface area contributed by atoms with Crippen LogP contribution in [0.5, 0.6) is 0 Å². The fourth-order valence-corrected chi connectivity index (χ4v) is 4.38. The zero-order valence-electron chi connectivity index (χ0n) is 11.8. The molecule has 2 heterocycles. The number of nitrogens with one attached hydrogen (secondary N) is 1. The van der Waals surface area contributed by atoms with Crippen molar-refractivity contribution in [3.8, 4) is 0 Å². The summed E-state index contributed by atoms with van der Waals surface area (Å²) in [6, 6.07) is 1.01. The second kappa shape index (κ2) is 5.80. The summed E-state index contributed by atoms with van der Waals surface area (Å²) in [5.41, 5.74) is 5.84. The Hall–Kier alpha value is -0.610. The number of carbonyl (C=O) groups is 1. The molecule has 1 saturated carbocycles. The lowest BCUT2D eigenvalue weighted by atomic mass is 9.78. The van der Waals surface area contributed by atoms with E-state index < -0.39 is 0 Å². The Morgan fingerprint density at radius 1 is 1.11 bits per heavy atom. The molecule has 19 heavy (non-hydrogen) atoms. The van der Waals surface area contributed by atoms with Crippen LogP contribution in [0.25, 0.3) is 0 Å². The number of hydrogen-bond donors (Lipinski definition) is 2. The van der Waals surface area contributed by atoms with Gasteiger partial charge in [-0.15, -0.1) is 0 Å². The molecule has 1 aliphatic carbocycles. The van der Waals surface area contributed by atoms with Gasteiger partial charge < -0.3 is 11.1 Å². The standard InChI is InChI=1S/C15H27N3O/c16-10-11-4-1-2-5-12(11)15(19)17-13-7-9-18-8-3-6-14(13)18/h11-14H,1-10,16H2,(H,17,19). The van der Waals surface area contributed by atoms with E-state index in [0.717, 1.165) is 19.3 Å². The summed E-state index contributed by atoms with van der Waals surface area (Å²) >= 11 is 0. The lowest BCUT2D eigenvalue weighted by Gasteiger charge is -2.31. The Bertz CT molecular complexity index is 333. The van der Waals surface area contributed by atoms with Crippen LogP contribution >= 0.6 is 0 Å². The summed E-state index contributed by atoms with van der Waals surface area (Å²) in [6.07, 6.45) is 8.29. The molecule has 2 aliphatic heterocycles. The van der Waals surface area contributed by atoms with E-state index in [1.165, 1.54) is 38.8 Å². The van der Waals surface area contributed by atoms with Gasteiger partial charge in [-0.05, 0) is 51.1 Å². The third kappa shape index (κ3) is 2.65. The molecule has 0 radical (unpaired) electrons. The fraction of sp³-hybridized carbons (Fsp3) is 0.933. The van der Waals surface area contributed by atoms with Crippen molar-refractivity contribution in [3.63, 3.8) is 0 Å². The van der Waals surface area contributed by atoms with Crippen LogP contribution in [0.15, 0.2) is 0 Å². The molecule has 2 saturated heterocycles. The minimum atomic E-state index is 0.175. The first kappa shape index (κ1) is 13.4. The van der Waals surface area contributed by atoms with Gasteiger partial charge in [-0.25, -0.2) is 0 Å². The summed E-state index contributed by atoms with van der Waals surface area (Å²) in [6.45, 7) is 3.06. The Morgan fingerprint density at radius 3 is 2.79 bits per heavy atom. The molecule has 0 bridgehead atoms. The molecular weight excluding hydrogens is 238 g/mol. The third-order valence-electron chi connectivity index (χ3n) is 5.48. The number of carbonyl (C=O) groups excluding carboxylic acids is 1. The molecule has 3 N–H and O–H groups in total. The van der Waals surface area contributed by atoms with E-state index in [4.69, 9.17) is 5.73 Å². The van der Waals surface area contributed by atoms with Crippen LogP contribution in [0.1, 0.15) is 44.9 Å². The highest BCUT2D eigenvalue weighted by atomic mass is 16.2. The van der Waals surface area contributed by atoms with Crippen LogP contribution < -0.4 is 11.1 Å². The molecule has 3 fully saturated rings. The summed E-state index contributed by atoms with van der Waals surface area (Å²) in [5, 5.41) is 3.35. The highest BCUT2D eigenvalue weighted by molar-refractivity contribution is 5.79. The Balaban J connectivity index is 1.58. The molecular formula is C15H27N3O. The topological polar surface area (TPSA) is 58.4 Å². The van der Waals surface area contributed by atoms with E-state index in [-0.39, 0.29) is 11.8 Å². The Kier molecular flexibility index (Phi) is 4.08. The van der Waals surface area contributed by atoms with Gasteiger partial charge in [0.05, 0.1) is 0 Å². The van der Waals surface area contributed by atoms with E-state index in [1.807, 2.05) is 0 Å². The molecule has 4 atom stereocenters. The minimum absolute atomic E-state index is 0.175. The maximum absolute atomic E-state index is 12.5. The lowest BCUT2D eigenvalue weighted by molar-refractivity contribution is -0.128. The second-order valence-corrected chi connectivity index (χ2v) is 6.54. The summed E-state index contributed by atoms with van der Waals surface area (Å²) in [5.74, 6) is 0.873. The predicted molar refractivity (Wildman–Crippen MR) is 75.6 cm³/mol. The van der Waals surface area contributed by atoms with Crippen molar-refractivity contribution < 1.29 is 4.79 Å². The lowest BCUT2D eigenvalue weighted by Crippen LogP contribution is -2.47. The van der Waals surface area contributed by atoms with Crippen molar-refractivity contribution in [3.05, 3.63) is 0 Å². The van der Waals surface area contributed by atoms with Crippen molar-refractivity contribution in [1.82, 2.24) is 10.2 Å². The van der Waals surface area contributed by atoms with Gasteiger partial charge in [0.2, 0.25) is 5.91 Å². The molecule has 3 rings (SSSR count). The highest BCUT2D eigenvalue weighted by Crippen LogP contribution is 2.31. The van der Waals surface area contributed by atoms with E-state index in [9.17, 15) is 4.79 Å². The molecule has 4 unspecified atom stereocenters. The molecule has 3 aliphatic rings. The number of amides is 1. The Labute approximate surface area is 116 Å². The van der Waals surface area contributed by atoms with Crippen LogP contribution in [0.3, 0.4) is 0 Å². The number of fused-ring (bicyclic) bond motifs is 1. The van der Waals surface area contributed by atoms with E-state index in [1.54, 1.807) is 0 Å². The minimum Gasteiger partial charge on any atom is -0.351 e. The van der Waals surface area contributed by atoms with Gasteiger partial charge in [-0.1, -0.05) is 12.8 Å². The zero-order valence-corrected chi connectivity index (χ0v) is 11.8. The van der Waals surface area contributed by atoms with Crippen LogP contribution in [0.4, 0.5) is 0 Å². The van der Waals surface area contributed by atoms with Crippen molar-refractivity contribution in [2.75, 3.05) is 19.6 Å². The maximum atomic E-state index is 12.5. The molecule has 0 aromatic heterocycles. The van der Waals surface area contributed by atoms with Crippen LogP contribution in [-0.4, -0.2) is 42.5 Å². The van der Waals surface area contributed by atoms with Gasteiger partial charge in [0.15, 0.2) is 0 Å². The van der Waals surface area contributed by atoms with Crippen LogP contribution in [0, 0.1) is 11.8 Å². The van der Waals surface area contributed by atoms with Crippen molar-refractivity contribution in [2.45, 2.75) is 57.0 Å². The molecule has 0 spiro atoms. The van der Waals surface area contributed by atoms with Gasteiger partial charge in [0, 0.05) is 24.5 Å². The molecule has 0 aromatic carbocycles. The maximum Gasteiger partial charge on any atom is 0.223 e. The van der Waals surface area contributed by atoms with Gasteiger partial charge in [0.25, 0.3) is 0 Å². The average molecular weight is 265 g/mol. The van der Waals surface area contributed by atoms with Gasteiger partial charge in [-0.2, -0.15) is 0 Å². The molecule has 4 heteroatoms. The predicted octanol–water partition coefficient (Wildman–Crippen LogP) is 1.10. The molecule has 1 amide bonds. The first-order chi connectivity index (χ1) is 9.29. The number of nitrogens with zero attached hydrogens (tertiary/aromatic N) is 1. The molecule has 4 nitrogen and oxygen atoms in total. The number of rotatable bonds is 3. The monoisotopic (exact) mass is 265 g/mol. The quantitative estimate of drug-likeness (QED) is 0.803. The average Bonchev–Trinajstić information content (AvgIpc) is 3.03. The number of nitrogens with two attached hydrogens (primary N) is 1. The normalized spacial score (nSPS) is 39.2. The van der Waals surface area contributed by atoms with E-state index in [0.29, 0.717) is 24.5 Å². The van der Waals surface area contributed by atoms with E-state index in [2.05, 4.69) is 10.2 Å². The van der Waals surface area contributed by atoms with E-state index >= 15 is 0 Å². The molecule has 108 valence electrons. The first-order valence-electron chi connectivity index (χ1n) is 8.04. The fourth-order valence-electron chi connectivity index (χ4n) is 4.38. The second-order valence-electron chi connectivity index (χ2n) is 6.54. The third-order valence-corrected chi connectivity index (χ3v) is 5.48. The Morgan fingerprint density at radius 2 is 1.95 bits per heavy atom. The van der Waals surface area contributed by atoms with Gasteiger partial charge in [-0.3, -0.25) is 9.69 Å². The smallest absolute Gasteiger partial charge is 0.223 e. The first-order valence-corrected chi connectivity index (χ1v) is 8.04. The van der Waals surface area contributed by atoms with Gasteiger partial charge >= 0.3 is 0 Å². The van der Waals surface area contributed by atoms with Crippen LogP contribution in [-0.2, 0) is 4.79 Å². The highest BCUT2D eigenvalue weighted by Gasteiger charge is 2.39. The number of hydrogen-bond acceptors (Lipinski definition) is 3. The zero-order chi connectivity index (χ0) is 13.2. The van der Waals surface area contributed by atoms with Crippen molar-refractivity contribution in [1.29, 1.82) is 0 Å². The SMILES string of the molecule is NCC1CCCCC1C(=O)NC1CCN2CCCC12. The summed E-state index contributed by atoms with van der Waals surface area (Å²) in [4.78, 5) is 15.1.